The summed E-state index contributed by atoms with van der Waals surface area (Å²) in [4.78, 5) is 11.6. The van der Waals surface area contributed by atoms with Gasteiger partial charge in [-0.25, -0.2) is 0 Å². The van der Waals surface area contributed by atoms with E-state index >= 15 is 0 Å². The van der Waals surface area contributed by atoms with Crippen LogP contribution in [0.1, 0.15) is 15.9 Å². The maximum absolute atomic E-state index is 11.6. The highest BCUT2D eigenvalue weighted by atomic mass is 16.6. The minimum Gasteiger partial charge on any atom is -0.371 e. The van der Waals surface area contributed by atoms with Crippen LogP contribution in [-0.4, -0.2) is 25.2 Å². The molecule has 1 saturated heterocycles. The Morgan fingerprint density at radius 2 is 2.29 bits per heavy atom. The van der Waals surface area contributed by atoms with Crippen LogP contribution in [0.25, 0.3) is 0 Å². The van der Waals surface area contributed by atoms with E-state index in [1.54, 1.807) is 0 Å². The lowest BCUT2D eigenvalue weighted by atomic mass is 10.1. The Morgan fingerprint density at radius 3 is 2.93 bits per heavy atom. The number of ether oxygens (including phenoxy) is 1. The van der Waals surface area contributed by atoms with Gasteiger partial charge in [0.05, 0.1) is 12.7 Å². The van der Waals surface area contributed by atoms with Crippen molar-refractivity contribution >= 4 is 5.91 Å². The smallest absolute Gasteiger partial charge is 0.251 e. The Kier molecular flexibility index (Phi) is 2.50. The van der Waals surface area contributed by atoms with E-state index in [1.165, 1.54) is 0 Å². The standard InChI is InChI=1S/C11H13NO2/c1-8-4-2-3-5-10(8)11(13)12-6-9-7-14-9/h2-5,9H,6-7H2,1H3,(H,12,13). The molecule has 0 bridgehead atoms. The van der Waals surface area contributed by atoms with E-state index < -0.39 is 0 Å². The molecule has 1 atom stereocenters. The predicted octanol–water partition coefficient (Wildman–Crippen LogP) is 1.12. The maximum Gasteiger partial charge on any atom is 0.251 e. The number of aryl methyl sites for hydroxylation is 1. The molecular weight excluding hydrogens is 178 g/mol. The fourth-order valence-electron chi connectivity index (χ4n) is 1.32. The molecule has 0 aliphatic carbocycles. The number of carbonyl (C=O) groups is 1. The number of hydrogen-bond acceptors (Lipinski definition) is 2. The van der Waals surface area contributed by atoms with Gasteiger partial charge in [-0.15, -0.1) is 0 Å². The monoisotopic (exact) mass is 191 g/mol. The van der Waals surface area contributed by atoms with Crippen molar-refractivity contribution in [1.29, 1.82) is 0 Å². The third-order valence-corrected chi connectivity index (χ3v) is 2.28. The van der Waals surface area contributed by atoms with Crippen molar-refractivity contribution in [1.82, 2.24) is 5.32 Å². The average Bonchev–Trinajstić information content (AvgIpc) is 2.98. The van der Waals surface area contributed by atoms with E-state index in [0.29, 0.717) is 6.54 Å². The molecule has 0 aromatic heterocycles. The largest absolute Gasteiger partial charge is 0.371 e. The Morgan fingerprint density at radius 1 is 1.57 bits per heavy atom. The van der Waals surface area contributed by atoms with Crippen LogP contribution in [-0.2, 0) is 4.74 Å². The van der Waals surface area contributed by atoms with Gasteiger partial charge in [-0.3, -0.25) is 4.79 Å². The molecule has 1 aromatic rings. The lowest BCUT2D eigenvalue weighted by molar-refractivity contribution is 0.0949. The summed E-state index contributed by atoms with van der Waals surface area (Å²) in [6.45, 7) is 3.32. The number of carbonyl (C=O) groups excluding carboxylic acids is 1. The summed E-state index contributed by atoms with van der Waals surface area (Å²) < 4.78 is 5.01. The molecular formula is C11H13NO2. The second-order valence-electron chi connectivity index (χ2n) is 3.48. The molecule has 74 valence electrons. The summed E-state index contributed by atoms with van der Waals surface area (Å²) >= 11 is 0. The summed E-state index contributed by atoms with van der Waals surface area (Å²) in [5.41, 5.74) is 1.75. The van der Waals surface area contributed by atoms with Crippen LogP contribution in [0.15, 0.2) is 24.3 Å². The first-order valence-corrected chi connectivity index (χ1v) is 4.73. The number of epoxide rings is 1. The van der Waals surface area contributed by atoms with Crippen molar-refractivity contribution in [3.63, 3.8) is 0 Å². The zero-order valence-electron chi connectivity index (χ0n) is 8.12. The van der Waals surface area contributed by atoms with Crippen LogP contribution in [0, 0.1) is 6.92 Å². The molecule has 1 fully saturated rings. The molecule has 1 aromatic carbocycles. The molecule has 0 radical (unpaired) electrons. The van der Waals surface area contributed by atoms with Gasteiger partial charge in [0.15, 0.2) is 0 Å². The Hall–Kier alpha value is -1.35. The van der Waals surface area contributed by atoms with E-state index in [9.17, 15) is 4.79 Å². The molecule has 3 nitrogen and oxygen atoms in total. The molecule has 1 unspecified atom stereocenters. The zero-order valence-corrected chi connectivity index (χ0v) is 8.12. The summed E-state index contributed by atoms with van der Waals surface area (Å²) in [6, 6.07) is 7.56. The summed E-state index contributed by atoms with van der Waals surface area (Å²) in [6.07, 6.45) is 0.239. The molecule has 1 N–H and O–H groups in total. The van der Waals surface area contributed by atoms with Gasteiger partial charge < -0.3 is 10.1 Å². The molecule has 0 saturated carbocycles. The number of nitrogens with one attached hydrogen (secondary N) is 1. The van der Waals surface area contributed by atoms with Gasteiger partial charge >= 0.3 is 0 Å². The number of hydrogen-bond donors (Lipinski definition) is 1. The molecule has 3 heteroatoms. The molecule has 14 heavy (non-hydrogen) atoms. The van der Waals surface area contributed by atoms with Crippen LogP contribution in [0.5, 0.6) is 0 Å². The summed E-state index contributed by atoms with van der Waals surface area (Å²) in [5.74, 6) is -0.0152. The minimum absolute atomic E-state index is 0.0152. The van der Waals surface area contributed by atoms with E-state index in [2.05, 4.69) is 5.32 Å². The van der Waals surface area contributed by atoms with Gasteiger partial charge in [-0.05, 0) is 18.6 Å². The summed E-state index contributed by atoms with van der Waals surface area (Å²) in [7, 11) is 0. The fraction of sp³-hybridized carbons (Fsp3) is 0.364. The van der Waals surface area contributed by atoms with Gasteiger partial charge in [0.2, 0.25) is 0 Å². The van der Waals surface area contributed by atoms with Crippen molar-refractivity contribution in [2.45, 2.75) is 13.0 Å². The highest BCUT2D eigenvalue weighted by Gasteiger charge is 2.23. The number of rotatable bonds is 3. The van der Waals surface area contributed by atoms with Crippen molar-refractivity contribution in [2.75, 3.05) is 13.2 Å². The van der Waals surface area contributed by atoms with Gasteiger partial charge in [0, 0.05) is 12.1 Å². The second kappa shape index (κ2) is 3.80. The highest BCUT2D eigenvalue weighted by molar-refractivity contribution is 5.95. The molecule has 2 rings (SSSR count). The number of amides is 1. The predicted molar refractivity (Wildman–Crippen MR) is 53.3 cm³/mol. The van der Waals surface area contributed by atoms with E-state index in [1.807, 2.05) is 31.2 Å². The topological polar surface area (TPSA) is 41.6 Å². The summed E-state index contributed by atoms with van der Waals surface area (Å²) in [5, 5.41) is 2.84. The third-order valence-electron chi connectivity index (χ3n) is 2.28. The fourth-order valence-corrected chi connectivity index (χ4v) is 1.32. The van der Waals surface area contributed by atoms with Crippen LogP contribution in [0.2, 0.25) is 0 Å². The first kappa shape index (κ1) is 9.21. The van der Waals surface area contributed by atoms with Gasteiger partial charge in [-0.2, -0.15) is 0 Å². The van der Waals surface area contributed by atoms with Crippen molar-refractivity contribution in [3.05, 3.63) is 35.4 Å². The Bertz CT molecular complexity index is 345. The molecule has 1 aliphatic rings. The molecule has 0 spiro atoms. The van der Waals surface area contributed by atoms with E-state index in [-0.39, 0.29) is 12.0 Å². The third kappa shape index (κ3) is 2.12. The lowest BCUT2D eigenvalue weighted by Crippen LogP contribution is -2.27. The van der Waals surface area contributed by atoms with E-state index in [0.717, 1.165) is 17.7 Å². The maximum atomic E-state index is 11.6. The molecule has 1 heterocycles. The van der Waals surface area contributed by atoms with Gasteiger partial charge in [-0.1, -0.05) is 18.2 Å². The van der Waals surface area contributed by atoms with Crippen molar-refractivity contribution in [2.24, 2.45) is 0 Å². The highest BCUT2D eigenvalue weighted by Crippen LogP contribution is 2.09. The van der Waals surface area contributed by atoms with Crippen LogP contribution < -0.4 is 5.32 Å². The second-order valence-corrected chi connectivity index (χ2v) is 3.48. The van der Waals surface area contributed by atoms with Crippen molar-refractivity contribution in [3.8, 4) is 0 Å². The van der Waals surface area contributed by atoms with E-state index in [4.69, 9.17) is 4.74 Å². The van der Waals surface area contributed by atoms with Gasteiger partial charge in [0.1, 0.15) is 0 Å². The van der Waals surface area contributed by atoms with Gasteiger partial charge in [0.25, 0.3) is 5.91 Å². The van der Waals surface area contributed by atoms with Crippen molar-refractivity contribution < 1.29 is 9.53 Å². The Balaban J connectivity index is 1.98. The lowest BCUT2D eigenvalue weighted by Gasteiger charge is -2.05. The first-order chi connectivity index (χ1) is 6.77. The Labute approximate surface area is 83.1 Å². The quantitative estimate of drug-likeness (QED) is 0.727. The molecule has 1 aliphatic heterocycles. The van der Waals surface area contributed by atoms with Crippen LogP contribution in [0.4, 0.5) is 0 Å². The normalized spacial score (nSPS) is 19.1. The first-order valence-electron chi connectivity index (χ1n) is 4.73. The molecule has 1 amide bonds. The number of benzene rings is 1. The zero-order chi connectivity index (χ0) is 9.97. The minimum atomic E-state index is -0.0152. The SMILES string of the molecule is Cc1ccccc1C(=O)NCC1CO1. The van der Waals surface area contributed by atoms with Crippen LogP contribution in [0.3, 0.4) is 0 Å². The van der Waals surface area contributed by atoms with Crippen LogP contribution >= 0.6 is 0 Å². The average molecular weight is 191 g/mol.